The summed E-state index contributed by atoms with van der Waals surface area (Å²) < 4.78 is 2.29. The molecule has 0 radical (unpaired) electrons. The average molecular weight is 242 g/mol. The summed E-state index contributed by atoms with van der Waals surface area (Å²) in [7, 11) is 0. The van der Waals surface area contributed by atoms with Crippen LogP contribution in [0.1, 0.15) is 5.56 Å². The van der Waals surface area contributed by atoms with Crippen LogP contribution >= 0.6 is 0 Å². The molecule has 6 nitrogen and oxygen atoms in total. The first-order chi connectivity index (χ1) is 8.68. The van der Waals surface area contributed by atoms with Gasteiger partial charge in [-0.05, 0) is 24.6 Å². The summed E-state index contributed by atoms with van der Waals surface area (Å²) in [5, 5.41) is 6.41. The van der Waals surface area contributed by atoms with Crippen molar-refractivity contribution in [2.75, 3.05) is 0 Å². The van der Waals surface area contributed by atoms with E-state index in [1.165, 1.54) is 16.9 Å². The molecular weight excluding hydrogens is 232 g/mol. The largest absolute Gasteiger partial charge is 0.368 e. The van der Waals surface area contributed by atoms with E-state index in [0.29, 0.717) is 5.69 Å². The lowest BCUT2D eigenvalue weighted by atomic mass is 10.2. The Morgan fingerprint density at radius 1 is 1.17 bits per heavy atom. The van der Waals surface area contributed by atoms with Crippen LogP contribution in [0.4, 0.5) is 0 Å². The second kappa shape index (κ2) is 3.69. The number of fused-ring (bicyclic) bond motifs is 1. The Balaban J connectivity index is 2.44. The van der Waals surface area contributed by atoms with Gasteiger partial charge in [0.1, 0.15) is 5.52 Å². The van der Waals surface area contributed by atoms with Crippen molar-refractivity contribution in [3.8, 4) is 5.69 Å². The summed E-state index contributed by atoms with van der Waals surface area (Å²) in [4.78, 5) is 24.0. The van der Waals surface area contributed by atoms with Gasteiger partial charge in [0.25, 0.3) is 5.56 Å². The molecule has 90 valence electrons. The van der Waals surface area contributed by atoms with Gasteiger partial charge in [0.15, 0.2) is 0 Å². The Labute approximate surface area is 101 Å². The zero-order valence-electron chi connectivity index (χ0n) is 9.62. The van der Waals surface area contributed by atoms with E-state index in [1.54, 1.807) is 12.1 Å². The summed E-state index contributed by atoms with van der Waals surface area (Å²) in [6, 6.07) is 8.81. The van der Waals surface area contributed by atoms with E-state index in [2.05, 4.69) is 10.2 Å². The maximum atomic E-state index is 12.2. The van der Waals surface area contributed by atoms with Crippen LogP contribution in [0.15, 0.2) is 46.1 Å². The molecule has 0 atom stereocenters. The minimum Gasteiger partial charge on any atom is -0.266 e. The highest BCUT2D eigenvalue weighted by molar-refractivity contribution is 5.43. The third-order valence-corrected chi connectivity index (χ3v) is 2.82. The number of H-pyrrole nitrogens is 1. The molecule has 3 aromatic rings. The maximum Gasteiger partial charge on any atom is 0.368 e. The first kappa shape index (κ1) is 10.5. The molecule has 0 saturated heterocycles. The molecule has 0 aliphatic rings. The fourth-order valence-corrected chi connectivity index (χ4v) is 1.91. The highest BCUT2D eigenvalue weighted by atomic mass is 16.2. The number of nitrogens with zero attached hydrogens (tertiary/aromatic N) is 3. The number of para-hydroxylation sites is 1. The molecule has 2 heterocycles. The molecule has 0 amide bonds. The molecule has 6 heteroatoms. The highest BCUT2D eigenvalue weighted by Gasteiger charge is 2.09. The average Bonchev–Trinajstić information content (AvgIpc) is 2.85. The SMILES string of the molecule is Cc1ccccc1-n1[nH]c(=O)c2ccnn2c1=O. The fourth-order valence-electron chi connectivity index (χ4n) is 1.91. The smallest absolute Gasteiger partial charge is 0.266 e. The van der Waals surface area contributed by atoms with Gasteiger partial charge in [-0.15, -0.1) is 0 Å². The van der Waals surface area contributed by atoms with Crippen LogP contribution in [0.5, 0.6) is 0 Å². The van der Waals surface area contributed by atoms with E-state index in [1.807, 2.05) is 19.1 Å². The molecule has 0 bridgehead atoms. The molecular formula is C12H10N4O2. The predicted molar refractivity (Wildman–Crippen MR) is 66.1 cm³/mol. The monoisotopic (exact) mass is 242 g/mol. The van der Waals surface area contributed by atoms with Crippen LogP contribution in [0.3, 0.4) is 0 Å². The minimum atomic E-state index is -0.399. The molecule has 0 fully saturated rings. The summed E-state index contributed by atoms with van der Waals surface area (Å²) in [5.74, 6) is 0. The van der Waals surface area contributed by atoms with E-state index < -0.39 is 5.69 Å². The Bertz CT molecular complexity index is 841. The molecule has 3 rings (SSSR count). The second-order valence-electron chi connectivity index (χ2n) is 3.97. The Hall–Kier alpha value is -2.63. The lowest BCUT2D eigenvalue weighted by Gasteiger charge is -2.08. The van der Waals surface area contributed by atoms with Gasteiger partial charge in [-0.2, -0.15) is 9.61 Å². The third-order valence-electron chi connectivity index (χ3n) is 2.82. The van der Waals surface area contributed by atoms with E-state index >= 15 is 0 Å². The van der Waals surface area contributed by atoms with Gasteiger partial charge in [0.2, 0.25) is 0 Å². The van der Waals surface area contributed by atoms with E-state index in [0.717, 1.165) is 10.1 Å². The molecule has 0 spiro atoms. The predicted octanol–water partition coefficient (Wildman–Crippen LogP) is 0.482. The lowest BCUT2D eigenvalue weighted by Crippen LogP contribution is -2.34. The highest BCUT2D eigenvalue weighted by Crippen LogP contribution is 2.08. The standard InChI is InChI=1S/C12H10N4O2/c1-8-4-2-3-5-9(8)16-12(18)15-10(6-7-13-15)11(17)14-16/h2-7H,1H3,(H,14,17). The Morgan fingerprint density at radius 3 is 2.72 bits per heavy atom. The number of aryl methyl sites for hydroxylation is 1. The van der Waals surface area contributed by atoms with E-state index in [4.69, 9.17) is 0 Å². The van der Waals surface area contributed by atoms with Crippen molar-refractivity contribution < 1.29 is 0 Å². The van der Waals surface area contributed by atoms with Crippen molar-refractivity contribution in [2.45, 2.75) is 6.92 Å². The normalized spacial score (nSPS) is 10.9. The minimum absolute atomic E-state index is 0.241. The van der Waals surface area contributed by atoms with Crippen molar-refractivity contribution in [3.63, 3.8) is 0 Å². The molecule has 0 unspecified atom stereocenters. The molecule has 18 heavy (non-hydrogen) atoms. The number of aromatic nitrogens is 4. The second-order valence-corrected chi connectivity index (χ2v) is 3.97. The Kier molecular flexibility index (Phi) is 2.16. The van der Waals surface area contributed by atoms with Crippen LogP contribution in [-0.4, -0.2) is 19.4 Å². The fraction of sp³-hybridized carbons (Fsp3) is 0.0833. The van der Waals surface area contributed by atoms with Gasteiger partial charge in [-0.25, -0.2) is 9.48 Å². The molecule has 1 N–H and O–H groups in total. The van der Waals surface area contributed by atoms with Gasteiger partial charge < -0.3 is 0 Å². The summed E-state index contributed by atoms with van der Waals surface area (Å²) in [6.45, 7) is 1.87. The van der Waals surface area contributed by atoms with Gasteiger partial charge in [-0.3, -0.25) is 9.89 Å². The van der Waals surface area contributed by atoms with Crippen LogP contribution in [0, 0.1) is 6.92 Å². The van der Waals surface area contributed by atoms with Gasteiger partial charge in [0.05, 0.1) is 11.9 Å². The number of hydrogen-bond donors (Lipinski definition) is 1. The zero-order chi connectivity index (χ0) is 12.7. The number of benzene rings is 1. The Morgan fingerprint density at radius 2 is 1.94 bits per heavy atom. The van der Waals surface area contributed by atoms with Crippen molar-refractivity contribution >= 4 is 5.52 Å². The number of aromatic amines is 1. The van der Waals surface area contributed by atoms with Gasteiger partial charge >= 0.3 is 5.69 Å². The number of hydrogen-bond acceptors (Lipinski definition) is 3. The van der Waals surface area contributed by atoms with E-state index in [9.17, 15) is 9.59 Å². The van der Waals surface area contributed by atoms with E-state index in [-0.39, 0.29) is 11.1 Å². The number of rotatable bonds is 1. The van der Waals surface area contributed by atoms with Gasteiger partial charge in [-0.1, -0.05) is 18.2 Å². The molecule has 2 aromatic heterocycles. The summed E-state index contributed by atoms with van der Waals surface area (Å²) in [5.41, 5.74) is 1.02. The van der Waals surface area contributed by atoms with Gasteiger partial charge in [0, 0.05) is 0 Å². The first-order valence-corrected chi connectivity index (χ1v) is 5.43. The van der Waals surface area contributed by atoms with Crippen LogP contribution in [0.25, 0.3) is 11.2 Å². The summed E-state index contributed by atoms with van der Waals surface area (Å²) >= 11 is 0. The first-order valence-electron chi connectivity index (χ1n) is 5.43. The number of nitrogens with one attached hydrogen (secondary N) is 1. The van der Waals surface area contributed by atoms with Crippen molar-refractivity contribution in [2.24, 2.45) is 0 Å². The quantitative estimate of drug-likeness (QED) is 0.674. The maximum absolute atomic E-state index is 12.2. The van der Waals surface area contributed by atoms with Crippen molar-refractivity contribution in [1.82, 2.24) is 19.4 Å². The van der Waals surface area contributed by atoms with Crippen LogP contribution < -0.4 is 11.2 Å². The zero-order valence-corrected chi connectivity index (χ0v) is 9.62. The van der Waals surface area contributed by atoms with Crippen molar-refractivity contribution in [1.29, 1.82) is 0 Å². The molecule has 1 aromatic carbocycles. The van der Waals surface area contributed by atoms with Crippen molar-refractivity contribution in [3.05, 3.63) is 62.9 Å². The molecule has 0 aliphatic heterocycles. The van der Waals surface area contributed by atoms with Crippen LogP contribution in [-0.2, 0) is 0 Å². The third kappa shape index (κ3) is 1.39. The van der Waals surface area contributed by atoms with Crippen LogP contribution in [0.2, 0.25) is 0 Å². The molecule has 0 aliphatic carbocycles. The topological polar surface area (TPSA) is 72.2 Å². The summed E-state index contributed by atoms with van der Waals surface area (Å²) in [6.07, 6.45) is 1.42. The molecule has 0 saturated carbocycles. The lowest BCUT2D eigenvalue weighted by molar-refractivity contribution is 0.696.